The number of piperazine rings is 1. The molecule has 1 amide bonds. The van der Waals surface area contributed by atoms with E-state index in [4.69, 9.17) is 16.3 Å². The Kier molecular flexibility index (Phi) is 6.51. The van der Waals surface area contributed by atoms with Crippen LogP contribution in [0, 0.1) is 6.92 Å². The molecule has 0 spiro atoms. The smallest absolute Gasteiger partial charge is 0.266 e. The molecule has 4 rings (SSSR count). The van der Waals surface area contributed by atoms with Gasteiger partial charge in [-0.25, -0.2) is 0 Å². The second-order valence-corrected chi connectivity index (χ2v) is 9.25. The number of benzene rings is 2. The first-order valence-electron chi connectivity index (χ1n) is 10.2. The van der Waals surface area contributed by atoms with Crippen LogP contribution in [0.3, 0.4) is 0 Å². The molecule has 1 aliphatic rings. The molecule has 1 saturated heterocycles. The van der Waals surface area contributed by atoms with Gasteiger partial charge in [0.1, 0.15) is 5.75 Å². The number of aryl methyl sites for hydroxylation is 1. The highest BCUT2D eigenvalue weighted by atomic mass is 35.5. The maximum atomic E-state index is 13.0. The van der Waals surface area contributed by atoms with Crippen LogP contribution in [0.5, 0.6) is 5.75 Å². The Bertz CT molecular complexity index is 1070. The quantitative estimate of drug-likeness (QED) is 0.560. The van der Waals surface area contributed by atoms with E-state index >= 15 is 0 Å². The zero-order valence-corrected chi connectivity index (χ0v) is 19.5. The molecule has 0 radical (unpaired) electrons. The van der Waals surface area contributed by atoms with Gasteiger partial charge in [-0.05, 0) is 55.4 Å². The van der Waals surface area contributed by atoms with E-state index < -0.39 is 0 Å². The number of hydrogen-bond donors (Lipinski definition) is 1. The van der Waals surface area contributed by atoms with Crippen LogP contribution in [0.15, 0.2) is 48.5 Å². The number of carbonyl (C=O) groups is 1. The predicted molar refractivity (Wildman–Crippen MR) is 130 cm³/mol. The lowest BCUT2D eigenvalue weighted by atomic mass is 10.1. The molecule has 0 atom stereocenters. The molecule has 3 aromatic rings. The molecule has 5 nitrogen and oxygen atoms in total. The highest BCUT2D eigenvalue weighted by Gasteiger charge is 2.19. The van der Waals surface area contributed by atoms with Gasteiger partial charge in [0.2, 0.25) is 0 Å². The molecule has 1 fully saturated rings. The minimum absolute atomic E-state index is 0.114. The molecule has 0 saturated carbocycles. The van der Waals surface area contributed by atoms with Gasteiger partial charge in [-0.2, -0.15) is 0 Å². The van der Waals surface area contributed by atoms with Gasteiger partial charge in [0.25, 0.3) is 5.91 Å². The molecule has 7 heteroatoms. The first kappa shape index (κ1) is 21.7. The van der Waals surface area contributed by atoms with Gasteiger partial charge in [-0.3, -0.25) is 4.79 Å². The summed E-state index contributed by atoms with van der Waals surface area (Å²) in [4.78, 5) is 19.4. The summed E-state index contributed by atoms with van der Waals surface area (Å²) >= 11 is 7.47. The Morgan fingerprint density at radius 2 is 1.77 bits per heavy atom. The van der Waals surface area contributed by atoms with Crippen LogP contribution < -0.4 is 15.0 Å². The maximum absolute atomic E-state index is 13.0. The fraction of sp³-hybridized carbons (Fsp3) is 0.292. The number of ether oxygens (including phenoxy) is 1. The van der Waals surface area contributed by atoms with Crippen molar-refractivity contribution in [2.24, 2.45) is 0 Å². The van der Waals surface area contributed by atoms with Crippen molar-refractivity contribution in [2.45, 2.75) is 6.92 Å². The van der Waals surface area contributed by atoms with Crippen molar-refractivity contribution in [3.63, 3.8) is 0 Å². The van der Waals surface area contributed by atoms with Crippen LogP contribution in [0.4, 0.5) is 11.4 Å². The van der Waals surface area contributed by atoms with E-state index in [2.05, 4.69) is 22.2 Å². The predicted octanol–water partition coefficient (Wildman–Crippen LogP) is 5.39. The van der Waals surface area contributed by atoms with Crippen molar-refractivity contribution in [1.29, 1.82) is 0 Å². The molecule has 1 N–H and O–H groups in total. The molecule has 1 aromatic heterocycles. The summed E-state index contributed by atoms with van der Waals surface area (Å²) in [5.41, 5.74) is 3.79. The van der Waals surface area contributed by atoms with Crippen molar-refractivity contribution < 1.29 is 9.53 Å². The Hall–Kier alpha value is -2.54. The van der Waals surface area contributed by atoms with Crippen molar-refractivity contribution in [3.8, 4) is 16.2 Å². The van der Waals surface area contributed by atoms with Crippen molar-refractivity contribution in [3.05, 3.63) is 64.0 Å². The summed E-state index contributed by atoms with van der Waals surface area (Å²) in [6.07, 6.45) is 0. The monoisotopic (exact) mass is 455 g/mol. The number of amides is 1. The van der Waals surface area contributed by atoms with Crippen LogP contribution in [0.25, 0.3) is 10.4 Å². The van der Waals surface area contributed by atoms with Crippen molar-refractivity contribution in [2.75, 3.05) is 50.6 Å². The fourth-order valence-electron chi connectivity index (χ4n) is 3.72. The van der Waals surface area contributed by atoms with Crippen molar-refractivity contribution in [1.82, 2.24) is 4.90 Å². The average Bonchev–Trinajstić information content (AvgIpc) is 3.16. The minimum Gasteiger partial charge on any atom is -0.495 e. The molecule has 2 aromatic carbocycles. The highest BCUT2D eigenvalue weighted by Crippen LogP contribution is 2.34. The summed E-state index contributed by atoms with van der Waals surface area (Å²) in [7, 11) is 3.81. The number of carbonyl (C=O) groups excluding carboxylic acids is 1. The van der Waals surface area contributed by atoms with E-state index in [1.165, 1.54) is 11.3 Å². The van der Waals surface area contributed by atoms with E-state index in [0.29, 0.717) is 9.90 Å². The standard InChI is InChI=1S/C24H26ClN3O2S/c1-16-14-22(17-4-6-18(25)7-5-17)31-23(16)24(29)26-19-8-9-20(21(15-19)30-3)28-12-10-27(2)11-13-28/h4-9,14-15H,10-13H2,1-3H3,(H,26,29). The number of methoxy groups -OCH3 is 1. The van der Waals surface area contributed by atoms with E-state index in [9.17, 15) is 4.79 Å². The second kappa shape index (κ2) is 9.30. The van der Waals surface area contributed by atoms with Crippen molar-refractivity contribution >= 4 is 40.2 Å². The Morgan fingerprint density at radius 3 is 2.45 bits per heavy atom. The lowest BCUT2D eigenvalue weighted by Gasteiger charge is -2.34. The lowest BCUT2D eigenvalue weighted by Crippen LogP contribution is -2.44. The van der Waals surface area contributed by atoms with Crippen LogP contribution in [0.2, 0.25) is 5.02 Å². The maximum Gasteiger partial charge on any atom is 0.266 e. The summed E-state index contributed by atoms with van der Waals surface area (Å²) in [5.74, 6) is 0.657. The number of hydrogen-bond acceptors (Lipinski definition) is 5. The van der Waals surface area contributed by atoms with Gasteiger partial charge in [-0.1, -0.05) is 23.7 Å². The second-order valence-electron chi connectivity index (χ2n) is 7.76. The zero-order valence-electron chi connectivity index (χ0n) is 17.9. The molecular weight excluding hydrogens is 430 g/mol. The lowest BCUT2D eigenvalue weighted by molar-refractivity contribution is 0.103. The van der Waals surface area contributed by atoms with Gasteiger partial charge >= 0.3 is 0 Å². The Balaban J connectivity index is 1.51. The fourth-order valence-corrected chi connectivity index (χ4v) is 4.91. The third-order valence-electron chi connectivity index (χ3n) is 5.53. The van der Waals surface area contributed by atoms with Gasteiger partial charge in [-0.15, -0.1) is 11.3 Å². The summed E-state index contributed by atoms with van der Waals surface area (Å²) in [5, 5.41) is 3.73. The molecule has 0 aliphatic carbocycles. The molecule has 2 heterocycles. The zero-order chi connectivity index (χ0) is 22.0. The molecular formula is C24H26ClN3O2S. The SMILES string of the molecule is COc1cc(NC(=O)c2sc(-c3ccc(Cl)cc3)cc2C)ccc1N1CCN(C)CC1. The number of anilines is 2. The molecule has 0 bridgehead atoms. The minimum atomic E-state index is -0.114. The largest absolute Gasteiger partial charge is 0.495 e. The number of rotatable bonds is 5. The van der Waals surface area contributed by atoms with E-state index in [0.717, 1.165) is 59.3 Å². The first-order valence-corrected chi connectivity index (χ1v) is 11.4. The Morgan fingerprint density at radius 1 is 1.06 bits per heavy atom. The normalized spacial score (nSPS) is 14.5. The summed E-state index contributed by atoms with van der Waals surface area (Å²) < 4.78 is 5.63. The van der Waals surface area contributed by atoms with Crippen LogP contribution in [-0.4, -0.2) is 51.1 Å². The number of nitrogens with zero attached hydrogens (tertiary/aromatic N) is 2. The number of halogens is 1. The highest BCUT2D eigenvalue weighted by molar-refractivity contribution is 7.17. The summed E-state index contributed by atoms with van der Waals surface area (Å²) in [6, 6.07) is 15.6. The third kappa shape index (κ3) is 4.87. The molecule has 31 heavy (non-hydrogen) atoms. The van der Waals surface area contributed by atoms with E-state index in [1.807, 2.05) is 55.5 Å². The van der Waals surface area contributed by atoms with Crippen LogP contribution in [0.1, 0.15) is 15.2 Å². The number of likely N-dealkylation sites (N-methyl/N-ethyl adjacent to an activating group) is 1. The molecule has 0 unspecified atom stereocenters. The topological polar surface area (TPSA) is 44.8 Å². The Labute approximate surface area is 192 Å². The molecule has 1 aliphatic heterocycles. The number of nitrogens with one attached hydrogen (secondary N) is 1. The number of thiophene rings is 1. The molecule has 162 valence electrons. The van der Waals surface area contributed by atoms with Gasteiger partial charge < -0.3 is 19.9 Å². The van der Waals surface area contributed by atoms with E-state index in [1.54, 1.807) is 7.11 Å². The summed E-state index contributed by atoms with van der Waals surface area (Å²) in [6.45, 7) is 5.92. The first-order chi connectivity index (χ1) is 14.9. The van der Waals surface area contributed by atoms with Gasteiger partial charge in [0.05, 0.1) is 17.7 Å². The third-order valence-corrected chi connectivity index (χ3v) is 7.07. The van der Waals surface area contributed by atoms with Gasteiger partial charge in [0, 0.05) is 47.8 Å². The van der Waals surface area contributed by atoms with Crippen LogP contribution >= 0.6 is 22.9 Å². The van der Waals surface area contributed by atoms with E-state index in [-0.39, 0.29) is 5.91 Å². The van der Waals surface area contributed by atoms with Crippen LogP contribution in [-0.2, 0) is 0 Å². The average molecular weight is 456 g/mol. The van der Waals surface area contributed by atoms with Gasteiger partial charge in [0.15, 0.2) is 0 Å².